The summed E-state index contributed by atoms with van der Waals surface area (Å²) in [7, 11) is 0. The minimum atomic E-state index is -0.801. The number of hydrogen-bond donors (Lipinski definition) is 0. The fourth-order valence-corrected chi connectivity index (χ4v) is 8.31. The second kappa shape index (κ2) is 59.9. The molecular weight excluding hydrogens is 889 g/mol. The van der Waals surface area contributed by atoms with E-state index in [4.69, 9.17) is 14.2 Å². The van der Waals surface area contributed by atoms with Crippen molar-refractivity contribution >= 4 is 17.9 Å². The van der Waals surface area contributed by atoms with E-state index in [2.05, 4.69) is 118 Å². The van der Waals surface area contributed by atoms with E-state index in [1.165, 1.54) is 148 Å². The Balaban J connectivity index is 4.39. The Morgan fingerprint density at radius 2 is 0.556 bits per heavy atom. The van der Waals surface area contributed by atoms with Crippen LogP contribution in [-0.4, -0.2) is 37.2 Å². The van der Waals surface area contributed by atoms with Crippen LogP contribution in [0.3, 0.4) is 0 Å². The quantitative estimate of drug-likeness (QED) is 0.0261. The second-order valence-electron chi connectivity index (χ2n) is 19.9. The van der Waals surface area contributed by atoms with Crippen molar-refractivity contribution in [3.05, 3.63) is 97.2 Å². The number of carbonyl (C=O) groups excluding carboxylic acids is 3. The molecule has 6 nitrogen and oxygen atoms in total. The maximum Gasteiger partial charge on any atom is 0.306 e. The van der Waals surface area contributed by atoms with Gasteiger partial charge in [-0.2, -0.15) is 0 Å². The molecule has 0 amide bonds. The van der Waals surface area contributed by atoms with Gasteiger partial charge in [0.2, 0.25) is 0 Å². The number of esters is 3. The topological polar surface area (TPSA) is 78.9 Å². The number of carbonyl (C=O) groups is 3. The standard InChI is InChI=1S/C66H112O6/c1-4-7-10-13-16-19-22-24-26-28-30-32-33-35-36-38-40-42-44-47-50-53-56-59-65(68)71-62-63(61-70-64(67)58-55-52-49-46-21-18-15-12-9-6-3)72-66(69)60-57-54-51-48-45-43-41-39-37-34-31-29-27-25-23-20-17-14-11-8-5-2/h7,10,16,19,24,26,29-32,35-36,40,42,47,50,63H,4-6,8-9,11-15,17-18,20-23,25,27-28,33-34,37-39,41,43-46,48-49,51-62H2,1-3H3/b10-7-,19-16-,26-24-,31-29-,32-30-,36-35-,42-40-,50-47-. The van der Waals surface area contributed by atoms with E-state index in [1.807, 2.05) is 0 Å². The van der Waals surface area contributed by atoms with Gasteiger partial charge >= 0.3 is 17.9 Å². The Morgan fingerprint density at radius 3 is 0.917 bits per heavy atom. The van der Waals surface area contributed by atoms with E-state index < -0.39 is 6.10 Å². The minimum absolute atomic E-state index is 0.0947. The van der Waals surface area contributed by atoms with Gasteiger partial charge in [0, 0.05) is 19.3 Å². The van der Waals surface area contributed by atoms with Crippen molar-refractivity contribution in [2.24, 2.45) is 0 Å². The van der Waals surface area contributed by atoms with Gasteiger partial charge in [-0.05, 0) is 96.3 Å². The smallest absolute Gasteiger partial charge is 0.306 e. The van der Waals surface area contributed by atoms with E-state index in [9.17, 15) is 14.4 Å². The summed E-state index contributed by atoms with van der Waals surface area (Å²) < 4.78 is 16.8. The van der Waals surface area contributed by atoms with Gasteiger partial charge in [-0.25, -0.2) is 0 Å². The summed E-state index contributed by atoms with van der Waals surface area (Å²) in [6.07, 6.45) is 79.9. The molecule has 6 heteroatoms. The third-order valence-corrected chi connectivity index (χ3v) is 12.8. The van der Waals surface area contributed by atoms with Crippen molar-refractivity contribution in [3.8, 4) is 0 Å². The number of allylic oxidation sites excluding steroid dienone is 16. The van der Waals surface area contributed by atoms with Gasteiger partial charge in [0.1, 0.15) is 13.2 Å². The monoisotopic (exact) mass is 1000 g/mol. The van der Waals surface area contributed by atoms with E-state index >= 15 is 0 Å². The third kappa shape index (κ3) is 57.2. The summed E-state index contributed by atoms with van der Waals surface area (Å²) in [5.74, 6) is -0.955. The number of ether oxygens (including phenoxy) is 3. The van der Waals surface area contributed by atoms with Crippen molar-refractivity contribution in [2.45, 2.75) is 290 Å². The largest absolute Gasteiger partial charge is 0.462 e. The molecule has 0 radical (unpaired) electrons. The summed E-state index contributed by atoms with van der Waals surface area (Å²) in [6, 6.07) is 0. The van der Waals surface area contributed by atoms with Crippen molar-refractivity contribution < 1.29 is 28.6 Å². The van der Waals surface area contributed by atoms with Gasteiger partial charge in [0.25, 0.3) is 0 Å². The normalized spacial score (nSPS) is 12.8. The van der Waals surface area contributed by atoms with Crippen LogP contribution >= 0.6 is 0 Å². The van der Waals surface area contributed by atoms with Crippen LogP contribution in [0.25, 0.3) is 0 Å². The Labute approximate surface area is 445 Å². The summed E-state index contributed by atoms with van der Waals surface area (Å²) >= 11 is 0. The van der Waals surface area contributed by atoms with Crippen LogP contribution in [0.5, 0.6) is 0 Å². The van der Waals surface area contributed by atoms with Gasteiger partial charge in [0.05, 0.1) is 0 Å². The molecule has 0 spiro atoms. The first-order valence-electron chi connectivity index (χ1n) is 30.2. The van der Waals surface area contributed by atoms with Crippen LogP contribution in [-0.2, 0) is 28.6 Å². The molecule has 1 atom stereocenters. The first-order valence-corrected chi connectivity index (χ1v) is 30.2. The van der Waals surface area contributed by atoms with Crippen molar-refractivity contribution in [1.29, 1.82) is 0 Å². The first kappa shape index (κ1) is 68.3. The highest BCUT2D eigenvalue weighted by atomic mass is 16.6. The maximum absolute atomic E-state index is 12.9. The highest BCUT2D eigenvalue weighted by molar-refractivity contribution is 5.71. The SMILES string of the molecule is CC/C=C\C/C=C\C/C=C\C/C=C\C/C=C\C/C=C\C/C=C\CCCC(=O)OCC(COC(=O)CCCCCCCCCCCC)OC(=O)CCCCCCCCCCC/C=C\CCCCCCCCCC. The molecule has 0 heterocycles. The summed E-state index contributed by atoms with van der Waals surface area (Å²) in [5, 5.41) is 0. The van der Waals surface area contributed by atoms with Gasteiger partial charge in [-0.1, -0.05) is 266 Å². The van der Waals surface area contributed by atoms with Gasteiger partial charge in [-0.15, -0.1) is 0 Å². The predicted octanol–water partition coefficient (Wildman–Crippen LogP) is 20.5. The maximum atomic E-state index is 12.9. The molecule has 0 saturated carbocycles. The van der Waals surface area contributed by atoms with E-state index in [0.29, 0.717) is 19.3 Å². The fourth-order valence-electron chi connectivity index (χ4n) is 8.31. The molecular formula is C66H112O6. The Hall–Kier alpha value is -3.67. The van der Waals surface area contributed by atoms with Crippen molar-refractivity contribution in [3.63, 3.8) is 0 Å². The highest BCUT2D eigenvalue weighted by Crippen LogP contribution is 2.15. The molecule has 0 N–H and O–H groups in total. The Morgan fingerprint density at radius 1 is 0.292 bits per heavy atom. The molecule has 0 rings (SSSR count). The molecule has 412 valence electrons. The average Bonchev–Trinajstić information content (AvgIpc) is 3.38. The van der Waals surface area contributed by atoms with Crippen LogP contribution in [0, 0.1) is 0 Å². The van der Waals surface area contributed by atoms with E-state index in [-0.39, 0.29) is 37.5 Å². The van der Waals surface area contributed by atoms with Crippen LogP contribution in [0.15, 0.2) is 97.2 Å². The van der Waals surface area contributed by atoms with Gasteiger partial charge in [0.15, 0.2) is 6.10 Å². The second-order valence-corrected chi connectivity index (χ2v) is 19.9. The zero-order valence-corrected chi connectivity index (χ0v) is 47.2. The average molecular weight is 1000 g/mol. The molecule has 0 fully saturated rings. The lowest BCUT2D eigenvalue weighted by Gasteiger charge is -2.18. The number of rotatable bonds is 54. The van der Waals surface area contributed by atoms with Gasteiger partial charge in [-0.3, -0.25) is 14.4 Å². The van der Waals surface area contributed by atoms with Gasteiger partial charge < -0.3 is 14.2 Å². The predicted molar refractivity (Wildman–Crippen MR) is 311 cm³/mol. The van der Waals surface area contributed by atoms with Crippen LogP contribution in [0.2, 0.25) is 0 Å². The zero-order chi connectivity index (χ0) is 52.2. The fraction of sp³-hybridized carbons (Fsp3) is 0.712. The molecule has 0 aromatic carbocycles. The Kier molecular flexibility index (Phi) is 56.8. The molecule has 0 aliphatic rings. The molecule has 0 aliphatic carbocycles. The van der Waals surface area contributed by atoms with Crippen LogP contribution < -0.4 is 0 Å². The molecule has 0 bridgehead atoms. The molecule has 1 unspecified atom stereocenters. The summed E-state index contributed by atoms with van der Waals surface area (Å²) in [6.45, 7) is 6.48. The zero-order valence-electron chi connectivity index (χ0n) is 47.2. The third-order valence-electron chi connectivity index (χ3n) is 12.8. The minimum Gasteiger partial charge on any atom is -0.462 e. The van der Waals surface area contributed by atoms with Crippen LogP contribution in [0.1, 0.15) is 284 Å². The molecule has 0 saturated heterocycles. The molecule has 0 aromatic heterocycles. The van der Waals surface area contributed by atoms with Crippen LogP contribution in [0.4, 0.5) is 0 Å². The van der Waals surface area contributed by atoms with E-state index in [0.717, 1.165) is 89.9 Å². The van der Waals surface area contributed by atoms with Crippen molar-refractivity contribution in [1.82, 2.24) is 0 Å². The Bertz CT molecular complexity index is 1430. The lowest BCUT2D eigenvalue weighted by atomic mass is 10.1. The summed E-state index contributed by atoms with van der Waals surface area (Å²) in [4.78, 5) is 38.1. The first-order chi connectivity index (χ1) is 35.5. The molecule has 72 heavy (non-hydrogen) atoms. The molecule has 0 aromatic rings. The number of hydrogen-bond acceptors (Lipinski definition) is 6. The lowest BCUT2D eigenvalue weighted by Crippen LogP contribution is -2.30. The summed E-state index contributed by atoms with van der Waals surface area (Å²) in [5.41, 5.74) is 0. The van der Waals surface area contributed by atoms with E-state index in [1.54, 1.807) is 0 Å². The number of unbranched alkanes of at least 4 members (excludes halogenated alkanes) is 27. The lowest BCUT2D eigenvalue weighted by molar-refractivity contribution is -0.167. The highest BCUT2D eigenvalue weighted by Gasteiger charge is 2.19. The van der Waals surface area contributed by atoms with Crippen molar-refractivity contribution in [2.75, 3.05) is 13.2 Å². The molecule has 0 aliphatic heterocycles.